The molecule has 0 N–H and O–H groups in total. The van der Waals surface area contributed by atoms with Crippen LogP contribution in [-0.2, 0) is 4.79 Å². The molecule has 2 saturated carbocycles. The quantitative estimate of drug-likeness (QED) is 0.487. The van der Waals surface area contributed by atoms with Crippen LogP contribution in [0.15, 0.2) is 0 Å². The first kappa shape index (κ1) is 5.45. The smallest absolute Gasteiger partial charge is 0.123 e. The van der Waals surface area contributed by atoms with E-state index < -0.39 is 0 Å². The Balaban J connectivity index is 2.13. The van der Waals surface area contributed by atoms with Gasteiger partial charge in [0.05, 0.1) is 0 Å². The fourth-order valence-electron chi connectivity index (χ4n) is 2.16. The van der Waals surface area contributed by atoms with Crippen LogP contribution in [0.2, 0.25) is 0 Å². The second-order valence-electron chi connectivity index (χ2n) is 3.50. The largest absolute Gasteiger partial charge is 0.303 e. The minimum Gasteiger partial charge on any atom is -0.303 e. The summed E-state index contributed by atoms with van der Waals surface area (Å²) in [5, 5.41) is 0. The van der Waals surface area contributed by atoms with Crippen LogP contribution < -0.4 is 0 Å². The number of carbonyl (C=O) groups is 1. The molecule has 0 saturated heterocycles. The van der Waals surface area contributed by atoms with Gasteiger partial charge in [-0.05, 0) is 31.1 Å². The summed E-state index contributed by atoms with van der Waals surface area (Å²) in [4.78, 5) is 10.5. The summed E-state index contributed by atoms with van der Waals surface area (Å²) >= 11 is 0. The van der Waals surface area contributed by atoms with Crippen molar-refractivity contribution in [3.05, 3.63) is 0 Å². The lowest BCUT2D eigenvalue weighted by atomic mass is 9.95. The second-order valence-corrected chi connectivity index (χ2v) is 3.50. The molecule has 50 valence electrons. The number of aldehydes is 1. The first-order valence-corrected chi connectivity index (χ1v) is 3.83. The molecule has 0 heterocycles. The first-order chi connectivity index (χ1) is 4.37. The Bertz CT molecular complexity index is 136. The van der Waals surface area contributed by atoms with E-state index in [4.69, 9.17) is 0 Å². The standard InChI is InChI=1S/C8H12O/c9-6-7-2-1-3-8(7)4-5-8/h6-7H,1-5H2. The van der Waals surface area contributed by atoms with Crippen LogP contribution in [-0.4, -0.2) is 6.29 Å². The Kier molecular flexibility index (Phi) is 0.961. The Hall–Kier alpha value is -0.330. The Morgan fingerprint density at radius 3 is 2.56 bits per heavy atom. The lowest BCUT2D eigenvalue weighted by Gasteiger charge is -2.08. The highest BCUT2D eigenvalue weighted by atomic mass is 16.1. The van der Waals surface area contributed by atoms with Crippen molar-refractivity contribution >= 4 is 6.29 Å². The number of hydrogen-bond acceptors (Lipinski definition) is 1. The molecule has 9 heavy (non-hydrogen) atoms. The molecule has 0 aliphatic heterocycles. The van der Waals surface area contributed by atoms with Crippen molar-refractivity contribution < 1.29 is 4.79 Å². The maximum atomic E-state index is 10.5. The van der Waals surface area contributed by atoms with Crippen LogP contribution in [0, 0.1) is 11.3 Å². The van der Waals surface area contributed by atoms with Gasteiger partial charge in [-0.15, -0.1) is 0 Å². The van der Waals surface area contributed by atoms with E-state index in [-0.39, 0.29) is 0 Å². The lowest BCUT2D eigenvalue weighted by Crippen LogP contribution is -2.08. The first-order valence-electron chi connectivity index (χ1n) is 3.83. The van der Waals surface area contributed by atoms with E-state index in [9.17, 15) is 4.79 Å². The molecular weight excluding hydrogens is 112 g/mol. The molecular formula is C8H12O. The van der Waals surface area contributed by atoms with Gasteiger partial charge in [0.2, 0.25) is 0 Å². The van der Waals surface area contributed by atoms with Gasteiger partial charge in [0.1, 0.15) is 6.29 Å². The fourth-order valence-corrected chi connectivity index (χ4v) is 2.16. The minimum absolute atomic E-state index is 0.442. The molecule has 1 atom stereocenters. The lowest BCUT2D eigenvalue weighted by molar-refractivity contribution is -0.112. The monoisotopic (exact) mass is 124 g/mol. The molecule has 0 amide bonds. The SMILES string of the molecule is O=CC1CCCC12CC2. The molecule has 1 spiro atoms. The van der Waals surface area contributed by atoms with E-state index in [0.29, 0.717) is 11.3 Å². The summed E-state index contributed by atoms with van der Waals surface area (Å²) in [6, 6.07) is 0. The summed E-state index contributed by atoms with van der Waals surface area (Å²) in [6.45, 7) is 0. The average Bonchev–Trinajstić information content (AvgIpc) is 2.45. The summed E-state index contributed by atoms with van der Waals surface area (Å²) < 4.78 is 0. The van der Waals surface area contributed by atoms with E-state index in [1.807, 2.05) is 0 Å². The van der Waals surface area contributed by atoms with Gasteiger partial charge in [0.15, 0.2) is 0 Å². The molecule has 0 aromatic heterocycles. The highest BCUT2D eigenvalue weighted by Crippen LogP contribution is 2.60. The fraction of sp³-hybridized carbons (Fsp3) is 0.875. The van der Waals surface area contributed by atoms with Crippen LogP contribution >= 0.6 is 0 Å². The number of rotatable bonds is 1. The van der Waals surface area contributed by atoms with E-state index >= 15 is 0 Å². The third-order valence-corrected chi connectivity index (χ3v) is 3.03. The van der Waals surface area contributed by atoms with E-state index in [1.54, 1.807) is 0 Å². The number of carbonyl (C=O) groups excluding carboxylic acids is 1. The predicted molar refractivity (Wildman–Crippen MR) is 35.1 cm³/mol. The minimum atomic E-state index is 0.442. The third-order valence-electron chi connectivity index (χ3n) is 3.03. The van der Waals surface area contributed by atoms with Crippen molar-refractivity contribution in [2.75, 3.05) is 0 Å². The molecule has 2 aliphatic carbocycles. The van der Waals surface area contributed by atoms with Gasteiger partial charge in [-0.25, -0.2) is 0 Å². The zero-order valence-corrected chi connectivity index (χ0v) is 5.60. The molecule has 0 aromatic carbocycles. The van der Waals surface area contributed by atoms with Crippen molar-refractivity contribution in [1.29, 1.82) is 0 Å². The second kappa shape index (κ2) is 1.59. The Labute approximate surface area is 55.4 Å². The molecule has 1 unspecified atom stereocenters. The number of hydrogen-bond donors (Lipinski definition) is 0. The Morgan fingerprint density at radius 1 is 1.33 bits per heavy atom. The summed E-state index contributed by atoms with van der Waals surface area (Å²) in [5.41, 5.74) is 0.543. The summed E-state index contributed by atoms with van der Waals surface area (Å²) in [6.07, 6.45) is 7.64. The van der Waals surface area contributed by atoms with Crippen molar-refractivity contribution in [2.45, 2.75) is 32.1 Å². The molecule has 1 heteroatoms. The Morgan fingerprint density at radius 2 is 2.11 bits per heavy atom. The van der Waals surface area contributed by atoms with Crippen molar-refractivity contribution in [3.8, 4) is 0 Å². The van der Waals surface area contributed by atoms with E-state index in [2.05, 4.69) is 0 Å². The highest BCUT2D eigenvalue weighted by molar-refractivity contribution is 5.56. The topological polar surface area (TPSA) is 17.1 Å². The van der Waals surface area contributed by atoms with Crippen LogP contribution in [0.3, 0.4) is 0 Å². The normalized spacial score (nSPS) is 37.1. The van der Waals surface area contributed by atoms with Gasteiger partial charge in [0.25, 0.3) is 0 Å². The highest BCUT2D eigenvalue weighted by Gasteiger charge is 2.51. The van der Waals surface area contributed by atoms with Gasteiger partial charge in [-0.3, -0.25) is 0 Å². The zero-order valence-electron chi connectivity index (χ0n) is 5.60. The molecule has 2 rings (SSSR count). The van der Waals surface area contributed by atoms with Gasteiger partial charge in [-0.1, -0.05) is 6.42 Å². The van der Waals surface area contributed by atoms with Gasteiger partial charge in [0, 0.05) is 5.92 Å². The van der Waals surface area contributed by atoms with E-state index in [0.717, 1.165) is 0 Å². The van der Waals surface area contributed by atoms with Crippen molar-refractivity contribution in [3.63, 3.8) is 0 Å². The predicted octanol–water partition coefficient (Wildman–Crippen LogP) is 1.77. The van der Waals surface area contributed by atoms with Crippen LogP contribution in [0.5, 0.6) is 0 Å². The maximum absolute atomic E-state index is 10.5. The third kappa shape index (κ3) is 0.637. The molecule has 2 fully saturated rings. The van der Waals surface area contributed by atoms with Gasteiger partial charge >= 0.3 is 0 Å². The molecule has 0 aromatic rings. The van der Waals surface area contributed by atoms with Crippen molar-refractivity contribution in [1.82, 2.24) is 0 Å². The molecule has 0 bridgehead atoms. The van der Waals surface area contributed by atoms with Crippen LogP contribution in [0.4, 0.5) is 0 Å². The van der Waals surface area contributed by atoms with Gasteiger partial charge < -0.3 is 4.79 Å². The summed E-state index contributed by atoms with van der Waals surface area (Å²) in [5.74, 6) is 0.442. The van der Waals surface area contributed by atoms with Gasteiger partial charge in [-0.2, -0.15) is 0 Å². The molecule has 1 nitrogen and oxygen atoms in total. The van der Waals surface area contributed by atoms with E-state index in [1.165, 1.54) is 38.4 Å². The zero-order chi connectivity index (χ0) is 6.32. The summed E-state index contributed by atoms with van der Waals surface area (Å²) in [7, 11) is 0. The molecule has 2 aliphatic rings. The van der Waals surface area contributed by atoms with Crippen LogP contribution in [0.1, 0.15) is 32.1 Å². The average molecular weight is 124 g/mol. The maximum Gasteiger partial charge on any atom is 0.123 e. The van der Waals surface area contributed by atoms with Crippen molar-refractivity contribution in [2.24, 2.45) is 11.3 Å². The molecule has 0 radical (unpaired) electrons. The van der Waals surface area contributed by atoms with Crippen LogP contribution in [0.25, 0.3) is 0 Å².